The zero-order valence-corrected chi connectivity index (χ0v) is 13.9. The van der Waals surface area contributed by atoms with Crippen LogP contribution in [-0.2, 0) is 13.0 Å². The third kappa shape index (κ3) is 3.50. The number of hydrogen-bond acceptors (Lipinski definition) is 4. The van der Waals surface area contributed by atoms with Crippen molar-refractivity contribution < 1.29 is 4.52 Å². The van der Waals surface area contributed by atoms with Crippen LogP contribution in [0.25, 0.3) is 11.0 Å². The van der Waals surface area contributed by atoms with Gasteiger partial charge in [-0.15, -0.1) is 0 Å². The molecule has 1 aliphatic heterocycles. The van der Waals surface area contributed by atoms with Gasteiger partial charge in [-0.1, -0.05) is 47.6 Å². The van der Waals surface area contributed by atoms with Crippen molar-refractivity contribution in [3.63, 3.8) is 0 Å². The van der Waals surface area contributed by atoms with Crippen LogP contribution in [0.3, 0.4) is 0 Å². The van der Waals surface area contributed by atoms with Gasteiger partial charge in [-0.3, -0.25) is 4.90 Å². The van der Waals surface area contributed by atoms with Crippen molar-refractivity contribution in [2.45, 2.75) is 13.0 Å². The van der Waals surface area contributed by atoms with E-state index in [0.717, 1.165) is 62.4 Å². The van der Waals surface area contributed by atoms with Crippen LogP contribution in [0.4, 0.5) is 0 Å². The fourth-order valence-corrected chi connectivity index (χ4v) is 3.40. The quantitative estimate of drug-likeness (QED) is 0.722. The van der Waals surface area contributed by atoms with Crippen molar-refractivity contribution >= 4 is 11.0 Å². The summed E-state index contributed by atoms with van der Waals surface area (Å²) in [6.45, 7) is 6.63. The molecule has 0 bridgehead atoms. The molecule has 124 valence electrons. The van der Waals surface area contributed by atoms with Crippen LogP contribution >= 0.6 is 0 Å². The van der Waals surface area contributed by atoms with Crippen LogP contribution in [0, 0.1) is 0 Å². The Hall–Kier alpha value is -2.17. The Balaban J connectivity index is 1.27. The first-order valence-corrected chi connectivity index (χ1v) is 8.70. The standard InChI is InChI=1S/C20H23N3O/c1-2-6-17(7-3-1)16-23-14-12-22(13-15-23)11-10-19-18-8-4-5-9-20(18)24-21-19/h1-9H,10-16H2. The third-order valence-electron chi connectivity index (χ3n) is 4.83. The van der Waals surface area contributed by atoms with Gasteiger partial charge in [0.15, 0.2) is 5.58 Å². The normalized spacial score (nSPS) is 16.7. The molecule has 0 atom stereocenters. The Kier molecular flexibility index (Phi) is 4.58. The first-order valence-electron chi connectivity index (χ1n) is 8.70. The van der Waals surface area contributed by atoms with Gasteiger partial charge in [0, 0.05) is 51.1 Å². The highest BCUT2D eigenvalue weighted by Gasteiger charge is 2.17. The number of hydrogen-bond donors (Lipinski definition) is 0. The lowest BCUT2D eigenvalue weighted by Crippen LogP contribution is -2.46. The Bertz CT molecular complexity index is 776. The van der Waals surface area contributed by atoms with Crippen LogP contribution in [0.5, 0.6) is 0 Å². The van der Waals surface area contributed by atoms with Crippen LogP contribution in [0.2, 0.25) is 0 Å². The second-order valence-corrected chi connectivity index (χ2v) is 6.48. The number of nitrogens with zero attached hydrogens (tertiary/aromatic N) is 3. The van der Waals surface area contributed by atoms with Crippen molar-refractivity contribution in [3.8, 4) is 0 Å². The maximum absolute atomic E-state index is 5.40. The number of rotatable bonds is 5. The molecule has 0 spiro atoms. The molecule has 1 saturated heterocycles. The maximum Gasteiger partial charge on any atom is 0.167 e. The molecule has 1 fully saturated rings. The number of fused-ring (bicyclic) bond motifs is 1. The maximum atomic E-state index is 5.40. The van der Waals surface area contributed by atoms with E-state index in [2.05, 4.69) is 51.4 Å². The van der Waals surface area contributed by atoms with Gasteiger partial charge in [0.25, 0.3) is 0 Å². The zero-order chi connectivity index (χ0) is 16.2. The molecule has 0 amide bonds. The van der Waals surface area contributed by atoms with Gasteiger partial charge < -0.3 is 9.42 Å². The molecule has 2 aromatic carbocycles. The van der Waals surface area contributed by atoms with Crippen molar-refractivity contribution in [2.24, 2.45) is 0 Å². The summed E-state index contributed by atoms with van der Waals surface area (Å²) < 4.78 is 5.40. The molecule has 3 aromatic rings. The second kappa shape index (κ2) is 7.16. The van der Waals surface area contributed by atoms with E-state index in [1.54, 1.807) is 0 Å². The summed E-state index contributed by atoms with van der Waals surface area (Å²) in [7, 11) is 0. The molecule has 4 rings (SSSR count). The molecule has 0 unspecified atom stereocenters. The molecule has 0 N–H and O–H groups in total. The average molecular weight is 321 g/mol. The van der Waals surface area contributed by atoms with E-state index < -0.39 is 0 Å². The second-order valence-electron chi connectivity index (χ2n) is 6.48. The van der Waals surface area contributed by atoms with E-state index in [1.807, 2.05) is 18.2 Å². The first kappa shape index (κ1) is 15.4. The van der Waals surface area contributed by atoms with Crippen molar-refractivity contribution in [3.05, 3.63) is 65.9 Å². The highest BCUT2D eigenvalue weighted by molar-refractivity contribution is 5.79. The van der Waals surface area contributed by atoms with Crippen molar-refractivity contribution in [1.82, 2.24) is 15.0 Å². The summed E-state index contributed by atoms with van der Waals surface area (Å²) in [5.74, 6) is 0. The van der Waals surface area contributed by atoms with E-state index in [9.17, 15) is 0 Å². The highest BCUT2D eigenvalue weighted by atomic mass is 16.5. The van der Waals surface area contributed by atoms with Gasteiger partial charge in [-0.2, -0.15) is 0 Å². The summed E-state index contributed by atoms with van der Waals surface area (Å²) in [5.41, 5.74) is 3.37. The number of piperazine rings is 1. The highest BCUT2D eigenvalue weighted by Crippen LogP contribution is 2.18. The molecule has 1 aromatic heterocycles. The smallest absolute Gasteiger partial charge is 0.167 e. The molecule has 0 radical (unpaired) electrons. The van der Waals surface area contributed by atoms with Gasteiger partial charge in [0.1, 0.15) is 0 Å². The van der Waals surface area contributed by atoms with Crippen LogP contribution in [0.15, 0.2) is 59.1 Å². The summed E-state index contributed by atoms with van der Waals surface area (Å²) >= 11 is 0. The molecule has 0 aliphatic carbocycles. The Morgan fingerprint density at radius 2 is 1.54 bits per heavy atom. The molecule has 0 saturated carbocycles. The fourth-order valence-electron chi connectivity index (χ4n) is 3.40. The van der Waals surface area contributed by atoms with Gasteiger partial charge in [-0.05, 0) is 17.7 Å². The van der Waals surface area contributed by atoms with Crippen LogP contribution in [-0.4, -0.2) is 47.7 Å². The van der Waals surface area contributed by atoms with E-state index in [1.165, 1.54) is 5.56 Å². The van der Waals surface area contributed by atoms with Crippen LogP contribution in [0.1, 0.15) is 11.3 Å². The number of benzene rings is 2. The summed E-state index contributed by atoms with van der Waals surface area (Å²) in [6, 6.07) is 18.8. The summed E-state index contributed by atoms with van der Waals surface area (Å²) in [4.78, 5) is 5.07. The minimum absolute atomic E-state index is 0.889. The molecule has 2 heterocycles. The fraction of sp³-hybridized carbons (Fsp3) is 0.350. The Labute approximate surface area is 142 Å². The minimum atomic E-state index is 0.889. The van der Waals surface area contributed by atoms with Gasteiger partial charge >= 0.3 is 0 Å². The Morgan fingerprint density at radius 1 is 0.833 bits per heavy atom. The lowest BCUT2D eigenvalue weighted by atomic mass is 10.1. The molecule has 4 nitrogen and oxygen atoms in total. The molecule has 24 heavy (non-hydrogen) atoms. The molecular formula is C20H23N3O. The van der Waals surface area contributed by atoms with Gasteiger partial charge in [0.2, 0.25) is 0 Å². The molecule has 1 aliphatic rings. The molecular weight excluding hydrogens is 298 g/mol. The van der Waals surface area contributed by atoms with E-state index in [-0.39, 0.29) is 0 Å². The number of aromatic nitrogens is 1. The van der Waals surface area contributed by atoms with Crippen LogP contribution < -0.4 is 0 Å². The largest absolute Gasteiger partial charge is 0.356 e. The predicted octanol–water partition coefficient (Wildman–Crippen LogP) is 3.19. The lowest BCUT2D eigenvalue weighted by molar-refractivity contribution is 0.128. The lowest BCUT2D eigenvalue weighted by Gasteiger charge is -2.34. The third-order valence-corrected chi connectivity index (χ3v) is 4.83. The predicted molar refractivity (Wildman–Crippen MR) is 95.9 cm³/mol. The van der Waals surface area contributed by atoms with E-state index in [0.29, 0.717) is 0 Å². The average Bonchev–Trinajstić information content (AvgIpc) is 3.05. The number of para-hydroxylation sites is 1. The van der Waals surface area contributed by atoms with Gasteiger partial charge in [-0.25, -0.2) is 0 Å². The zero-order valence-electron chi connectivity index (χ0n) is 13.9. The first-order chi connectivity index (χ1) is 11.9. The van der Waals surface area contributed by atoms with E-state index >= 15 is 0 Å². The van der Waals surface area contributed by atoms with Crippen molar-refractivity contribution in [2.75, 3.05) is 32.7 Å². The monoisotopic (exact) mass is 321 g/mol. The Morgan fingerprint density at radius 3 is 2.38 bits per heavy atom. The molecule has 4 heteroatoms. The SMILES string of the molecule is c1ccc(CN2CCN(CCc3noc4ccccc34)CC2)cc1. The van der Waals surface area contributed by atoms with Crippen molar-refractivity contribution in [1.29, 1.82) is 0 Å². The minimum Gasteiger partial charge on any atom is -0.356 e. The van der Waals surface area contributed by atoms with E-state index in [4.69, 9.17) is 4.52 Å². The summed E-state index contributed by atoms with van der Waals surface area (Å²) in [5, 5.41) is 5.39. The topological polar surface area (TPSA) is 32.5 Å². The van der Waals surface area contributed by atoms with Gasteiger partial charge in [0.05, 0.1) is 5.69 Å². The summed E-state index contributed by atoms with van der Waals surface area (Å²) in [6.07, 6.45) is 0.954.